The summed E-state index contributed by atoms with van der Waals surface area (Å²) in [5, 5.41) is 0.634. The lowest BCUT2D eigenvalue weighted by Crippen LogP contribution is -1.93. The molecule has 0 aromatic carbocycles. The number of aromatic nitrogens is 2. The van der Waals surface area contributed by atoms with E-state index < -0.39 is 5.82 Å². The van der Waals surface area contributed by atoms with Gasteiger partial charge in [-0.25, -0.2) is 14.4 Å². The zero-order chi connectivity index (χ0) is 11.2. The van der Waals surface area contributed by atoms with Gasteiger partial charge in [0.1, 0.15) is 10.1 Å². The van der Waals surface area contributed by atoms with Gasteiger partial charge in [0, 0.05) is 6.07 Å². The van der Waals surface area contributed by atoms with Crippen LogP contribution >= 0.6 is 39.1 Å². The standard InChI is InChI=1S/C9H4BrCl2FN2/c1-3-6(11)7(12)8-5(14-3)2-4(13)9(10)15-8/h2H,1H3. The Kier molecular flexibility index (Phi) is 2.83. The summed E-state index contributed by atoms with van der Waals surface area (Å²) in [6, 6.07) is 1.27. The molecule has 0 aliphatic heterocycles. The maximum absolute atomic E-state index is 13.2. The molecule has 0 spiro atoms. The van der Waals surface area contributed by atoms with E-state index in [2.05, 4.69) is 25.9 Å². The molecule has 0 unspecified atom stereocenters. The summed E-state index contributed by atoms with van der Waals surface area (Å²) in [5.74, 6) is -0.479. The number of fused-ring (bicyclic) bond motifs is 1. The highest BCUT2D eigenvalue weighted by Crippen LogP contribution is 2.32. The maximum atomic E-state index is 13.2. The van der Waals surface area contributed by atoms with Gasteiger partial charge in [0.25, 0.3) is 0 Å². The summed E-state index contributed by atoms with van der Waals surface area (Å²) < 4.78 is 13.3. The number of hydrogen-bond acceptors (Lipinski definition) is 2. The minimum Gasteiger partial charge on any atom is -0.250 e. The summed E-state index contributed by atoms with van der Waals surface area (Å²) in [7, 11) is 0. The lowest BCUT2D eigenvalue weighted by molar-refractivity contribution is 0.615. The van der Waals surface area contributed by atoms with Crippen LogP contribution in [-0.4, -0.2) is 9.97 Å². The lowest BCUT2D eigenvalue weighted by atomic mass is 10.3. The van der Waals surface area contributed by atoms with Crippen molar-refractivity contribution in [3.8, 4) is 0 Å². The van der Waals surface area contributed by atoms with E-state index in [1.54, 1.807) is 6.92 Å². The quantitative estimate of drug-likeness (QED) is 0.683. The van der Waals surface area contributed by atoms with Gasteiger partial charge in [-0.05, 0) is 22.9 Å². The molecule has 6 heteroatoms. The van der Waals surface area contributed by atoms with Crippen molar-refractivity contribution < 1.29 is 4.39 Å². The average Bonchev–Trinajstić information content (AvgIpc) is 2.19. The minimum atomic E-state index is -0.479. The topological polar surface area (TPSA) is 25.8 Å². The van der Waals surface area contributed by atoms with Crippen LogP contribution < -0.4 is 0 Å². The predicted octanol–water partition coefficient (Wildman–Crippen LogP) is 4.15. The third-order valence-corrected chi connectivity index (χ3v) is 3.40. The van der Waals surface area contributed by atoms with E-state index in [1.165, 1.54) is 6.07 Å². The van der Waals surface area contributed by atoms with Gasteiger partial charge >= 0.3 is 0 Å². The second kappa shape index (κ2) is 3.85. The van der Waals surface area contributed by atoms with E-state index in [0.717, 1.165) is 0 Å². The first-order valence-corrected chi connectivity index (χ1v) is 5.53. The van der Waals surface area contributed by atoms with Crippen LogP contribution in [0, 0.1) is 12.7 Å². The molecule has 0 saturated carbocycles. The first-order chi connectivity index (χ1) is 7.00. The van der Waals surface area contributed by atoms with Crippen molar-refractivity contribution in [2.45, 2.75) is 6.92 Å². The fourth-order valence-electron chi connectivity index (χ4n) is 1.20. The van der Waals surface area contributed by atoms with E-state index in [0.29, 0.717) is 26.8 Å². The van der Waals surface area contributed by atoms with Crippen molar-refractivity contribution in [1.82, 2.24) is 9.97 Å². The monoisotopic (exact) mass is 308 g/mol. The Hall–Kier alpha value is -0.450. The number of halogens is 4. The Labute approximate surface area is 104 Å². The van der Waals surface area contributed by atoms with Crippen LogP contribution in [0.5, 0.6) is 0 Å². The van der Waals surface area contributed by atoms with Gasteiger partial charge < -0.3 is 0 Å². The molecular formula is C9H4BrCl2FN2. The van der Waals surface area contributed by atoms with Crippen LogP contribution in [-0.2, 0) is 0 Å². The summed E-state index contributed by atoms with van der Waals surface area (Å²) in [6.45, 7) is 1.70. The molecule has 0 atom stereocenters. The van der Waals surface area contributed by atoms with Gasteiger partial charge in [-0.3, -0.25) is 0 Å². The maximum Gasteiger partial charge on any atom is 0.158 e. The molecule has 0 amide bonds. The molecule has 2 nitrogen and oxygen atoms in total. The van der Waals surface area contributed by atoms with Crippen LogP contribution in [0.3, 0.4) is 0 Å². The highest BCUT2D eigenvalue weighted by Gasteiger charge is 2.13. The number of nitrogens with zero attached hydrogens (tertiary/aromatic N) is 2. The zero-order valence-electron chi connectivity index (χ0n) is 7.48. The van der Waals surface area contributed by atoms with E-state index in [9.17, 15) is 4.39 Å². The van der Waals surface area contributed by atoms with Crippen LogP contribution in [0.1, 0.15) is 5.69 Å². The van der Waals surface area contributed by atoms with Crippen LogP contribution in [0.25, 0.3) is 11.0 Å². The third kappa shape index (κ3) is 1.82. The van der Waals surface area contributed by atoms with Crippen molar-refractivity contribution in [2.75, 3.05) is 0 Å². The van der Waals surface area contributed by atoms with E-state index in [1.807, 2.05) is 0 Å². The van der Waals surface area contributed by atoms with Crippen molar-refractivity contribution in [2.24, 2.45) is 0 Å². The van der Waals surface area contributed by atoms with Gasteiger partial charge in [-0.1, -0.05) is 23.2 Å². The van der Waals surface area contributed by atoms with Gasteiger partial charge in [0.05, 0.1) is 21.3 Å². The lowest BCUT2D eigenvalue weighted by Gasteiger charge is -2.05. The Morgan fingerprint density at radius 3 is 2.60 bits per heavy atom. The van der Waals surface area contributed by atoms with E-state index in [4.69, 9.17) is 23.2 Å². The van der Waals surface area contributed by atoms with Gasteiger partial charge in [0.15, 0.2) is 5.82 Å². The summed E-state index contributed by atoms with van der Waals surface area (Å²) in [6.07, 6.45) is 0. The molecular weight excluding hydrogens is 306 g/mol. The Morgan fingerprint density at radius 1 is 1.27 bits per heavy atom. The molecule has 0 saturated heterocycles. The van der Waals surface area contributed by atoms with E-state index in [-0.39, 0.29) is 4.60 Å². The van der Waals surface area contributed by atoms with Gasteiger partial charge in [0.2, 0.25) is 0 Å². The molecule has 0 aliphatic rings. The second-order valence-corrected chi connectivity index (χ2v) is 4.46. The second-order valence-electron chi connectivity index (χ2n) is 2.95. The number of rotatable bonds is 0. The SMILES string of the molecule is Cc1nc2cc(F)c(Br)nc2c(Cl)c1Cl. The molecule has 78 valence electrons. The van der Waals surface area contributed by atoms with Crippen molar-refractivity contribution in [3.05, 3.63) is 32.2 Å². The number of hydrogen-bond donors (Lipinski definition) is 0. The molecule has 0 N–H and O–H groups in total. The van der Waals surface area contributed by atoms with Crippen LogP contribution in [0.4, 0.5) is 4.39 Å². The smallest absolute Gasteiger partial charge is 0.158 e. The average molecular weight is 310 g/mol. The largest absolute Gasteiger partial charge is 0.250 e. The molecule has 0 aliphatic carbocycles. The van der Waals surface area contributed by atoms with Crippen molar-refractivity contribution >= 4 is 50.2 Å². The molecule has 2 aromatic heterocycles. The molecule has 0 bridgehead atoms. The summed E-state index contributed by atoms with van der Waals surface area (Å²) >= 11 is 14.9. The molecule has 2 heterocycles. The van der Waals surface area contributed by atoms with Gasteiger partial charge in [-0.2, -0.15) is 0 Å². The predicted molar refractivity (Wildman–Crippen MR) is 62.0 cm³/mol. The van der Waals surface area contributed by atoms with Crippen molar-refractivity contribution in [1.29, 1.82) is 0 Å². The molecule has 2 rings (SSSR count). The molecule has 0 radical (unpaired) electrons. The summed E-state index contributed by atoms with van der Waals surface area (Å²) in [5.41, 5.74) is 1.33. The number of pyridine rings is 2. The van der Waals surface area contributed by atoms with E-state index >= 15 is 0 Å². The van der Waals surface area contributed by atoms with Crippen molar-refractivity contribution in [3.63, 3.8) is 0 Å². The van der Waals surface area contributed by atoms with Crippen LogP contribution in [0.15, 0.2) is 10.7 Å². The normalized spacial score (nSPS) is 11.0. The third-order valence-electron chi connectivity index (χ3n) is 1.92. The molecule has 2 aromatic rings. The minimum absolute atomic E-state index is 0.0959. The highest BCUT2D eigenvalue weighted by molar-refractivity contribution is 9.10. The van der Waals surface area contributed by atoms with Crippen LogP contribution in [0.2, 0.25) is 10.0 Å². The summed E-state index contributed by atoms with van der Waals surface area (Å²) in [4.78, 5) is 8.04. The fourth-order valence-corrected chi connectivity index (χ4v) is 1.90. The zero-order valence-corrected chi connectivity index (χ0v) is 10.6. The first-order valence-electron chi connectivity index (χ1n) is 3.98. The Bertz CT molecular complexity index is 554. The first kappa shape index (κ1) is 11.0. The number of aryl methyl sites for hydroxylation is 1. The van der Waals surface area contributed by atoms with Gasteiger partial charge in [-0.15, -0.1) is 0 Å². The highest BCUT2D eigenvalue weighted by atomic mass is 79.9. The molecule has 0 fully saturated rings. The fraction of sp³-hybridized carbons (Fsp3) is 0.111. The molecule has 15 heavy (non-hydrogen) atoms. The Morgan fingerprint density at radius 2 is 1.93 bits per heavy atom. The Balaban J connectivity index is 2.93.